The van der Waals surface area contributed by atoms with Crippen molar-refractivity contribution in [2.24, 2.45) is 0 Å². The van der Waals surface area contributed by atoms with Crippen molar-refractivity contribution in [1.82, 2.24) is 20.2 Å². The Morgan fingerprint density at radius 2 is 2.13 bits per heavy atom. The second-order valence-electron chi connectivity index (χ2n) is 5.29. The molecule has 0 aliphatic carbocycles. The smallest absolute Gasteiger partial charge is 0.254 e. The summed E-state index contributed by atoms with van der Waals surface area (Å²) in [6, 6.07) is 0. The van der Waals surface area contributed by atoms with Crippen molar-refractivity contribution in [2.75, 3.05) is 11.6 Å². The number of nitrogens with one attached hydrogen (secondary N) is 2. The molecule has 0 aliphatic heterocycles. The molecule has 0 saturated carbocycles. The molecule has 2 N–H and O–H groups in total. The van der Waals surface area contributed by atoms with Gasteiger partial charge in [-0.15, -0.1) is 10.2 Å². The van der Waals surface area contributed by atoms with Gasteiger partial charge in [-0.2, -0.15) is 0 Å². The molecule has 0 spiro atoms. The van der Waals surface area contributed by atoms with Crippen LogP contribution in [0.1, 0.15) is 42.5 Å². The van der Waals surface area contributed by atoms with Crippen molar-refractivity contribution >= 4 is 34.1 Å². The fraction of sp³-hybridized carbons (Fsp3) is 0.500. The van der Waals surface area contributed by atoms with E-state index in [2.05, 4.69) is 25.5 Å². The first kappa shape index (κ1) is 17.6. The van der Waals surface area contributed by atoms with Gasteiger partial charge in [0.05, 0.1) is 0 Å². The number of amides is 1. The van der Waals surface area contributed by atoms with Gasteiger partial charge in [0.25, 0.3) is 5.56 Å². The van der Waals surface area contributed by atoms with Crippen molar-refractivity contribution in [3.8, 4) is 0 Å². The molecule has 0 aliphatic rings. The van der Waals surface area contributed by atoms with Crippen molar-refractivity contribution < 1.29 is 4.79 Å². The zero-order valence-electron chi connectivity index (χ0n) is 13.5. The number of thioether (sulfide) groups is 1. The number of aromatic nitrogens is 4. The highest BCUT2D eigenvalue weighted by Crippen LogP contribution is 2.22. The first-order valence-electron chi connectivity index (χ1n) is 7.17. The molecule has 0 bridgehead atoms. The Bertz CT molecular complexity index is 754. The lowest BCUT2D eigenvalue weighted by atomic mass is 10.1. The molecule has 0 atom stereocenters. The van der Waals surface area contributed by atoms with E-state index in [1.165, 1.54) is 23.1 Å². The van der Waals surface area contributed by atoms with E-state index in [0.29, 0.717) is 28.0 Å². The van der Waals surface area contributed by atoms with Crippen LogP contribution in [0.2, 0.25) is 0 Å². The zero-order valence-corrected chi connectivity index (χ0v) is 15.1. The molecule has 2 aromatic rings. The average molecular weight is 353 g/mol. The molecule has 0 aromatic carbocycles. The van der Waals surface area contributed by atoms with E-state index >= 15 is 0 Å². The summed E-state index contributed by atoms with van der Waals surface area (Å²) >= 11 is 2.74. The van der Waals surface area contributed by atoms with Crippen molar-refractivity contribution in [3.63, 3.8) is 0 Å². The number of carbonyl (C=O) groups excluding carboxylic acids is 1. The Morgan fingerprint density at radius 1 is 1.39 bits per heavy atom. The number of H-pyrrole nitrogens is 1. The molecule has 2 aromatic heterocycles. The summed E-state index contributed by atoms with van der Waals surface area (Å²) in [6.45, 7) is 5.82. The third kappa shape index (κ3) is 4.61. The molecule has 0 saturated heterocycles. The summed E-state index contributed by atoms with van der Waals surface area (Å²) < 4.78 is 0. The molecular weight excluding hydrogens is 334 g/mol. The molecule has 23 heavy (non-hydrogen) atoms. The lowest BCUT2D eigenvalue weighted by Crippen LogP contribution is -2.20. The quantitative estimate of drug-likeness (QED) is 0.611. The van der Waals surface area contributed by atoms with E-state index < -0.39 is 0 Å². The van der Waals surface area contributed by atoms with Gasteiger partial charge in [0, 0.05) is 23.6 Å². The molecule has 0 fully saturated rings. The maximum atomic E-state index is 12.0. The first-order valence-corrected chi connectivity index (χ1v) is 9.22. The fourth-order valence-corrected chi connectivity index (χ4v) is 3.10. The highest BCUT2D eigenvalue weighted by atomic mass is 32.2. The third-order valence-electron chi connectivity index (χ3n) is 3.18. The zero-order chi connectivity index (χ0) is 17.0. The van der Waals surface area contributed by atoms with Crippen LogP contribution in [0.5, 0.6) is 0 Å². The summed E-state index contributed by atoms with van der Waals surface area (Å²) in [7, 11) is 0. The monoisotopic (exact) mass is 353 g/mol. The molecule has 2 heterocycles. The normalized spacial score (nSPS) is 11.0. The maximum Gasteiger partial charge on any atom is 0.254 e. The number of hydrogen-bond acceptors (Lipinski definition) is 7. The van der Waals surface area contributed by atoms with E-state index in [1.54, 1.807) is 6.92 Å². The van der Waals surface area contributed by atoms with Gasteiger partial charge in [-0.25, -0.2) is 4.98 Å². The summed E-state index contributed by atoms with van der Waals surface area (Å²) in [5.41, 5.74) is 1.01. The maximum absolute atomic E-state index is 12.0. The van der Waals surface area contributed by atoms with Crippen LogP contribution in [0.4, 0.5) is 5.13 Å². The molecule has 2 rings (SSSR count). The summed E-state index contributed by atoms with van der Waals surface area (Å²) in [5.74, 6) is 0.0876. The van der Waals surface area contributed by atoms with Crippen LogP contribution < -0.4 is 10.9 Å². The van der Waals surface area contributed by atoms with E-state index in [0.717, 1.165) is 5.01 Å². The van der Waals surface area contributed by atoms with E-state index in [9.17, 15) is 9.59 Å². The molecule has 1 amide bonds. The Balaban J connectivity index is 1.98. The number of anilines is 1. The Labute approximate surface area is 142 Å². The Kier molecular flexibility index (Phi) is 5.89. The van der Waals surface area contributed by atoms with E-state index in [1.807, 2.05) is 20.1 Å². The van der Waals surface area contributed by atoms with Gasteiger partial charge in [-0.3, -0.25) is 9.59 Å². The van der Waals surface area contributed by atoms with Crippen LogP contribution in [0.3, 0.4) is 0 Å². The average Bonchev–Trinajstić information content (AvgIpc) is 2.94. The first-order chi connectivity index (χ1) is 10.9. The molecule has 7 nitrogen and oxygen atoms in total. The standard InChI is InChI=1S/C14H19N5O2S2/c1-7(2)12-18-19-14(23-12)16-10(20)6-5-9-8(3)15-13(22-4)17-11(9)21/h7H,5-6H2,1-4H3,(H,15,17,21)(H,16,19,20). The summed E-state index contributed by atoms with van der Waals surface area (Å²) in [6.07, 6.45) is 2.38. The van der Waals surface area contributed by atoms with Crippen molar-refractivity contribution in [2.45, 2.75) is 44.7 Å². The van der Waals surface area contributed by atoms with Crippen molar-refractivity contribution in [3.05, 3.63) is 26.6 Å². The van der Waals surface area contributed by atoms with Gasteiger partial charge in [0.15, 0.2) is 5.16 Å². The number of hydrogen-bond donors (Lipinski definition) is 2. The van der Waals surface area contributed by atoms with Gasteiger partial charge in [-0.05, 0) is 19.6 Å². The van der Waals surface area contributed by atoms with Gasteiger partial charge < -0.3 is 10.3 Å². The second-order valence-corrected chi connectivity index (χ2v) is 7.09. The number of carbonyl (C=O) groups is 1. The molecule has 0 unspecified atom stereocenters. The lowest BCUT2D eigenvalue weighted by Gasteiger charge is -2.05. The van der Waals surface area contributed by atoms with Crippen molar-refractivity contribution in [1.29, 1.82) is 0 Å². The van der Waals surface area contributed by atoms with E-state index in [4.69, 9.17) is 0 Å². The summed E-state index contributed by atoms with van der Waals surface area (Å²) in [5, 5.41) is 12.6. The van der Waals surface area contributed by atoms with Crippen LogP contribution in [0.25, 0.3) is 0 Å². The van der Waals surface area contributed by atoms with Gasteiger partial charge in [0.2, 0.25) is 11.0 Å². The largest absolute Gasteiger partial charge is 0.301 e. The van der Waals surface area contributed by atoms with Gasteiger partial charge in [0.1, 0.15) is 5.01 Å². The minimum absolute atomic E-state index is 0.187. The Hall–Kier alpha value is -1.74. The topological polar surface area (TPSA) is 101 Å². The number of nitrogens with zero attached hydrogens (tertiary/aromatic N) is 3. The van der Waals surface area contributed by atoms with Gasteiger partial charge in [-0.1, -0.05) is 36.9 Å². The minimum atomic E-state index is -0.191. The lowest BCUT2D eigenvalue weighted by molar-refractivity contribution is -0.116. The molecule has 124 valence electrons. The van der Waals surface area contributed by atoms with Crippen LogP contribution >= 0.6 is 23.1 Å². The molecular formula is C14H19N5O2S2. The Morgan fingerprint density at radius 3 is 2.70 bits per heavy atom. The predicted octanol–water partition coefficient (Wildman–Crippen LogP) is 2.35. The van der Waals surface area contributed by atoms with Crippen LogP contribution in [0.15, 0.2) is 9.95 Å². The highest BCUT2D eigenvalue weighted by Gasteiger charge is 2.13. The van der Waals surface area contributed by atoms with Crippen LogP contribution in [-0.4, -0.2) is 32.3 Å². The second kappa shape index (κ2) is 7.69. The highest BCUT2D eigenvalue weighted by molar-refractivity contribution is 7.98. The third-order valence-corrected chi connectivity index (χ3v) is 4.90. The number of aromatic amines is 1. The number of aryl methyl sites for hydroxylation is 1. The number of rotatable bonds is 6. The summed E-state index contributed by atoms with van der Waals surface area (Å²) in [4.78, 5) is 31.0. The SMILES string of the molecule is CSc1nc(C)c(CCC(=O)Nc2nnc(C(C)C)s2)c(=O)[nH]1. The fourth-order valence-electron chi connectivity index (χ4n) is 1.91. The van der Waals surface area contributed by atoms with Gasteiger partial charge >= 0.3 is 0 Å². The van der Waals surface area contributed by atoms with E-state index in [-0.39, 0.29) is 23.8 Å². The van der Waals surface area contributed by atoms with Crippen LogP contribution in [0, 0.1) is 6.92 Å². The molecule has 0 radical (unpaired) electrons. The predicted molar refractivity (Wildman–Crippen MR) is 92.3 cm³/mol. The minimum Gasteiger partial charge on any atom is -0.301 e. The van der Waals surface area contributed by atoms with Crippen LogP contribution in [-0.2, 0) is 11.2 Å². The molecule has 9 heteroatoms.